The third kappa shape index (κ3) is 4.41. The van der Waals surface area contributed by atoms with Crippen LogP contribution in [0.5, 0.6) is 0 Å². The van der Waals surface area contributed by atoms with Crippen LogP contribution in [-0.4, -0.2) is 70.5 Å². The molecule has 2 saturated heterocycles. The van der Waals surface area contributed by atoms with Crippen molar-refractivity contribution in [3.8, 4) is 6.07 Å². The Morgan fingerprint density at radius 3 is 2.77 bits per heavy atom. The minimum atomic E-state index is -0.991. The number of rotatable bonds is 4. The van der Waals surface area contributed by atoms with Crippen molar-refractivity contribution in [1.82, 2.24) is 14.9 Å². The Kier molecular flexibility index (Phi) is 6.28. The highest BCUT2D eigenvalue weighted by Gasteiger charge is 2.47. The van der Waals surface area contributed by atoms with Crippen molar-refractivity contribution in [2.75, 3.05) is 42.2 Å². The van der Waals surface area contributed by atoms with E-state index >= 15 is 0 Å². The fraction of sp³-hybridized carbons (Fsp3) is 0.480. The molecule has 2 fully saturated rings. The topological polar surface area (TPSA) is 114 Å². The Balaban J connectivity index is 1.43. The van der Waals surface area contributed by atoms with E-state index < -0.39 is 12.1 Å². The molecule has 0 bridgehead atoms. The lowest BCUT2D eigenvalue weighted by molar-refractivity contribution is -0.117. The molecule has 1 aromatic heterocycles. The van der Waals surface area contributed by atoms with Gasteiger partial charge in [0, 0.05) is 49.3 Å². The smallest absolute Gasteiger partial charge is 0.407 e. The summed E-state index contributed by atoms with van der Waals surface area (Å²) in [5.74, 6) is 1.01. The zero-order valence-electron chi connectivity index (χ0n) is 19.7. The number of piperazine rings is 1. The lowest BCUT2D eigenvalue weighted by Gasteiger charge is -2.41. The Bertz CT molecular complexity index is 1190. The van der Waals surface area contributed by atoms with Crippen LogP contribution in [0, 0.1) is 16.7 Å². The van der Waals surface area contributed by atoms with E-state index in [9.17, 15) is 20.0 Å². The second-order valence-electron chi connectivity index (χ2n) is 9.57. The molecule has 0 saturated carbocycles. The van der Waals surface area contributed by atoms with E-state index in [0.29, 0.717) is 37.8 Å². The number of fused-ring (bicyclic) bond motifs is 1. The number of hydrogen-bond donors (Lipinski definition) is 1. The quantitative estimate of drug-likeness (QED) is 0.511. The molecule has 2 atom stereocenters. The average Bonchev–Trinajstić information content (AvgIpc) is 3.18. The molecule has 1 N–H and O–H groups in total. The zero-order valence-corrected chi connectivity index (χ0v) is 20.5. The normalized spacial score (nSPS) is 23.9. The second kappa shape index (κ2) is 9.38. The predicted octanol–water partition coefficient (Wildman–Crippen LogP) is 3.19. The van der Waals surface area contributed by atoms with Crippen LogP contribution in [0.2, 0.25) is 0 Å². The molecule has 3 heterocycles. The van der Waals surface area contributed by atoms with Gasteiger partial charge in [-0.25, -0.2) is 14.8 Å². The number of carbonyl (C=O) groups is 2. The molecule has 9 nitrogen and oxygen atoms in total. The number of carboxylic acid groups (broad SMARTS) is 1. The number of amides is 2. The van der Waals surface area contributed by atoms with Crippen molar-refractivity contribution in [3.05, 3.63) is 41.6 Å². The van der Waals surface area contributed by atoms with Gasteiger partial charge in [-0.05, 0) is 37.7 Å². The maximum absolute atomic E-state index is 13.0. The number of aromatic nitrogens is 2. The average molecular weight is 493 g/mol. The molecule has 1 unspecified atom stereocenters. The minimum Gasteiger partial charge on any atom is -0.465 e. The molecule has 182 valence electrons. The summed E-state index contributed by atoms with van der Waals surface area (Å²) in [6.45, 7) is 1.98. The summed E-state index contributed by atoms with van der Waals surface area (Å²) in [5, 5.41) is 19.5. The number of benzene rings is 1. The largest absolute Gasteiger partial charge is 0.465 e. The van der Waals surface area contributed by atoms with Gasteiger partial charge in [-0.15, -0.1) is 0 Å². The van der Waals surface area contributed by atoms with Crippen LogP contribution in [-0.2, 0) is 17.6 Å². The summed E-state index contributed by atoms with van der Waals surface area (Å²) in [5.41, 5.74) is 2.88. The van der Waals surface area contributed by atoms with Gasteiger partial charge in [0.1, 0.15) is 5.82 Å². The van der Waals surface area contributed by atoms with Crippen molar-refractivity contribution in [1.29, 1.82) is 5.26 Å². The predicted molar refractivity (Wildman–Crippen MR) is 133 cm³/mol. The molecule has 1 aliphatic carbocycles. The molecule has 2 aromatic rings. The summed E-state index contributed by atoms with van der Waals surface area (Å²) >= 11 is 1.48. The Morgan fingerprint density at radius 1 is 1.26 bits per heavy atom. The zero-order chi connectivity index (χ0) is 24.6. The van der Waals surface area contributed by atoms with Gasteiger partial charge in [0.2, 0.25) is 5.91 Å². The molecule has 1 aromatic carbocycles. The fourth-order valence-electron chi connectivity index (χ4n) is 5.69. The SMILES string of the molecule is CSc1nc2c(c(N3CCN(C(=O)O)[C@@H](CC#N)C3)n1)CCC1(CC(=O)N(c3ccccc3)C1)C2. The van der Waals surface area contributed by atoms with Gasteiger partial charge in [0.15, 0.2) is 5.16 Å². The van der Waals surface area contributed by atoms with Crippen LogP contribution >= 0.6 is 11.8 Å². The van der Waals surface area contributed by atoms with Gasteiger partial charge in [-0.2, -0.15) is 5.26 Å². The molecule has 2 amide bonds. The second-order valence-corrected chi connectivity index (χ2v) is 10.3. The van der Waals surface area contributed by atoms with Crippen LogP contribution in [0.4, 0.5) is 16.3 Å². The van der Waals surface area contributed by atoms with Crippen molar-refractivity contribution >= 4 is 35.3 Å². The molecule has 0 radical (unpaired) electrons. The molecule has 2 aliphatic heterocycles. The van der Waals surface area contributed by atoms with Crippen molar-refractivity contribution in [2.45, 2.75) is 43.3 Å². The first-order chi connectivity index (χ1) is 16.9. The number of hydrogen-bond acceptors (Lipinski definition) is 7. The van der Waals surface area contributed by atoms with Crippen LogP contribution in [0.3, 0.4) is 0 Å². The van der Waals surface area contributed by atoms with E-state index in [1.54, 1.807) is 0 Å². The molecule has 35 heavy (non-hydrogen) atoms. The number of nitrogens with zero attached hydrogens (tertiary/aromatic N) is 6. The molecular weight excluding hydrogens is 464 g/mol. The lowest BCUT2D eigenvalue weighted by atomic mass is 9.72. The van der Waals surface area contributed by atoms with E-state index in [2.05, 4.69) is 11.0 Å². The monoisotopic (exact) mass is 492 g/mol. The summed E-state index contributed by atoms with van der Waals surface area (Å²) < 4.78 is 0. The van der Waals surface area contributed by atoms with Crippen LogP contribution < -0.4 is 9.80 Å². The van der Waals surface area contributed by atoms with Crippen LogP contribution in [0.1, 0.15) is 30.5 Å². The van der Waals surface area contributed by atoms with E-state index in [-0.39, 0.29) is 17.7 Å². The standard InChI is InChI=1S/C25H28N6O3S/c1-35-23-27-20-13-25(14-21(32)31(16-25)17-5-3-2-4-6-17)9-7-19(20)22(28-23)29-11-12-30(24(33)34)18(15-29)8-10-26/h2-6,18H,7-9,11-16H2,1H3,(H,33,34)/t18-,25?/m0/s1. The van der Waals surface area contributed by atoms with Gasteiger partial charge in [-0.1, -0.05) is 30.0 Å². The van der Waals surface area contributed by atoms with Crippen LogP contribution in [0.15, 0.2) is 35.5 Å². The van der Waals surface area contributed by atoms with Crippen molar-refractivity contribution in [3.63, 3.8) is 0 Å². The molecule has 1 spiro atoms. The number of nitriles is 1. The van der Waals surface area contributed by atoms with Gasteiger partial charge in [0.05, 0.1) is 24.2 Å². The molecule has 10 heteroatoms. The van der Waals surface area contributed by atoms with E-state index in [1.807, 2.05) is 41.5 Å². The maximum Gasteiger partial charge on any atom is 0.407 e. The highest BCUT2D eigenvalue weighted by Crippen LogP contribution is 2.46. The number of thioether (sulfide) groups is 1. The summed E-state index contributed by atoms with van der Waals surface area (Å²) in [7, 11) is 0. The fourth-order valence-corrected chi connectivity index (χ4v) is 6.07. The first-order valence-corrected chi connectivity index (χ1v) is 13.1. The van der Waals surface area contributed by atoms with Crippen LogP contribution in [0.25, 0.3) is 0 Å². The minimum absolute atomic E-state index is 0.145. The Labute approximate surface area is 208 Å². The summed E-state index contributed by atoms with van der Waals surface area (Å²) in [4.78, 5) is 39.7. The third-order valence-corrected chi connectivity index (χ3v) is 7.97. The molecule has 3 aliphatic rings. The molecular formula is C25H28N6O3S. The van der Waals surface area contributed by atoms with E-state index in [0.717, 1.165) is 42.0 Å². The number of carbonyl (C=O) groups excluding carboxylic acids is 1. The van der Waals surface area contributed by atoms with E-state index in [4.69, 9.17) is 9.97 Å². The van der Waals surface area contributed by atoms with Crippen molar-refractivity contribution in [2.24, 2.45) is 5.41 Å². The van der Waals surface area contributed by atoms with Gasteiger partial charge in [0.25, 0.3) is 0 Å². The summed E-state index contributed by atoms with van der Waals surface area (Å²) in [6, 6.07) is 11.6. The molecule has 5 rings (SSSR count). The number of para-hydroxylation sites is 1. The lowest BCUT2D eigenvalue weighted by Crippen LogP contribution is -2.55. The first-order valence-electron chi connectivity index (χ1n) is 11.8. The highest BCUT2D eigenvalue weighted by atomic mass is 32.2. The van der Waals surface area contributed by atoms with Gasteiger partial charge in [-0.3, -0.25) is 4.79 Å². The maximum atomic E-state index is 13.0. The van der Waals surface area contributed by atoms with Gasteiger partial charge >= 0.3 is 6.09 Å². The summed E-state index contributed by atoms with van der Waals surface area (Å²) in [6.07, 6.45) is 3.98. The van der Waals surface area contributed by atoms with Crippen molar-refractivity contribution < 1.29 is 14.7 Å². The Morgan fingerprint density at radius 2 is 2.06 bits per heavy atom. The number of anilines is 2. The van der Waals surface area contributed by atoms with E-state index in [1.165, 1.54) is 16.7 Å². The van der Waals surface area contributed by atoms with Gasteiger partial charge < -0.3 is 19.8 Å². The Hall–Kier alpha value is -3.32. The first kappa shape index (κ1) is 23.4. The third-order valence-electron chi connectivity index (χ3n) is 7.42. The highest BCUT2D eigenvalue weighted by molar-refractivity contribution is 7.98.